The van der Waals surface area contributed by atoms with Crippen LogP contribution in [0.2, 0.25) is 0 Å². The molecule has 3 aliphatic rings. The first-order valence-electron chi connectivity index (χ1n) is 19.6. The lowest BCUT2D eigenvalue weighted by Crippen LogP contribution is -2.35. The minimum absolute atomic E-state index is 0.0148. The van der Waals surface area contributed by atoms with Crippen LogP contribution in [0, 0.1) is 0 Å². The van der Waals surface area contributed by atoms with E-state index in [9.17, 15) is 18.8 Å². The van der Waals surface area contributed by atoms with Crippen LogP contribution >= 0.6 is 25.8 Å². The zero-order chi connectivity index (χ0) is 42.4. The molecule has 3 fully saturated rings. The number of ether oxygens (including phenoxy) is 4. The quantitative estimate of drug-likeness (QED) is 0.0573. The number of nitrogens with zero attached hydrogens (tertiary/aromatic N) is 8. The van der Waals surface area contributed by atoms with Crippen LogP contribution in [0.25, 0.3) is 22.3 Å². The fourth-order valence-electron chi connectivity index (χ4n) is 7.17. The maximum absolute atomic E-state index is 16.7. The van der Waals surface area contributed by atoms with Gasteiger partial charge in [0, 0.05) is 17.8 Å². The molecule has 3 unspecified atom stereocenters. The summed E-state index contributed by atoms with van der Waals surface area (Å²) in [6.07, 6.45) is -0.254. The van der Waals surface area contributed by atoms with Crippen molar-refractivity contribution in [2.24, 2.45) is 0 Å². The number of aromatic nitrogens is 8. The van der Waals surface area contributed by atoms with Crippen molar-refractivity contribution in [2.75, 3.05) is 37.0 Å². The Hall–Kier alpha value is -3.44. The second-order valence-electron chi connectivity index (χ2n) is 14.5. The average molecular weight is 905 g/mol. The molecule has 60 heavy (non-hydrogen) atoms. The van der Waals surface area contributed by atoms with Gasteiger partial charge in [-0.3, -0.25) is 27.5 Å². The van der Waals surface area contributed by atoms with Gasteiger partial charge >= 0.3 is 20.4 Å². The highest BCUT2D eigenvalue weighted by Gasteiger charge is 2.54. The molecule has 4 aromatic heterocycles. The van der Waals surface area contributed by atoms with Gasteiger partial charge in [-0.05, 0) is 6.42 Å². The molecule has 7 heterocycles. The summed E-state index contributed by atoms with van der Waals surface area (Å²) in [6, 6.07) is 0. The lowest BCUT2D eigenvalue weighted by atomic mass is 10.1. The number of imidazole rings is 2. The highest BCUT2D eigenvalue weighted by Crippen LogP contribution is 2.63. The van der Waals surface area contributed by atoms with Crippen molar-refractivity contribution in [1.29, 1.82) is 0 Å². The second kappa shape index (κ2) is 19.7. The summed E-state index contributed by atoms with van der Waals surface area (Å²) in [5, 5.41) is 0. The van der Waals surface area contributed by atoms with E-state index in [1.54, 1.807) is 0 Å². The molecule has 4 aromatic rings. The van der Waals surface area contributed by atoms with Crippen LogP contribution in [0.4, 0.5) is 20.4 Å². The topological polar surface area (TPSA) is 275 Å². The first kappa shape index (κ1) is 44.6. The van der Waals surface area contributed by atoms with Crippen LogP contribution in [0.15, 0.2) is 25.3 Å². The van der Waals surface area contributed by atoms with Crippen LogP contribution < -0.4 is 11.5 Å². The number of halogens is 2. The van der Waals surface area contributed by atoms with Crippen molar-refractivity contribution in [2.45, 2.75) is 120 Å². The third-order valence-corrected chi connectivity index (χ3v) is 14.7. The number of hydrogen-bond donors (Lipinski definition) is 3. The molecule has 3 saturated heterocycles. The van der Waals surface area contributed by atoms with E-state index in [-0.39, 0.29) is 40.4 Å². The highest BCUT2D eigenvalue weighted by molar-refractivity contribution is 8.55. The van der Waals surface area contributed by atoms with Crippen LogP contribution in [-0.4, -0.2) is 112 Å². The number of carbonyl (C=O) groups is 1. The number of rotatable bonds is 15. The van der Waals surface area contributed by atoms with Crippen LogP contribution in [0.5, 0.6) is 0 Å². The molecule has 10 atom stereocenters. The number of carbonyl (C=O) groups excluding carboxylic acids is 1. The van der Waals surface area contributed by atoms with Gasteiger partial charge in [-0.25, -0.2) is 43.2 Å². The Morgan fingerprint density at radius 2 is 1.35 bits per heavy atom. The van der Waals surface area contributed by atoms with E-state index in [0.29, 0.717) is 17.8 Å². The Kier molecular flexibility index (Phi) is 14.7. The third kappa shape index (κ3) is 10.3. The molecule has 0 radical (unpaired) electrons. The molecular weight excluding hydrogens is 856 g/mol. The molecule has 5 N–H and O–H groups in total. The van der Waals surface area contributed by atoms with Gasteiger partial charge in [0.25, 0.3) is 0 Å². The van der Waals surface area contributed by atoms with E-state index < -0.39 is 95.1 Å². The van der Waals surface area contributed by atoms with Crippen LogP contribution in [-0.2, 0) is 46.4 Å². The van der Waals surface area contributed by atoms with E-state index in [1.165, 1.54) is 47.5 Å². The number of nitrogen functional groups attached to an aromatic ring is 2. The summed E-state index contributed by atoms with van der Waals surface area (Å²) in [5.74, 6) is -1.04. The number of hydrogen-bond acceptors (Lipinski definition) is 19. The van der Waals surface area contributed by atoms with E-state index in [1.807, 2.05) is 0 Å². The number of alkyl halides is 2. The monoisotopic (exact) mass is 904 g/mol. The average Bonchev–Trinajstić information content (AvgIpc) is 3.99. The van der Waals surface area contributed by atoms with E-state index >= 15 is 8.78 Å². The Morgan fingerprint density at radius 1 is 0.817 bits per heavy atom. The maximum Gasteiger partial charge on any atom is 0.392 e. The Balaban J connectivity index is 1.09. The van der Waals surface area contributed by atoms with Crippen molar-refractivity contribution in [3.8, 4) is 0 Å². The summed E-state index contributed by atoms with van der Waals surface area (Å²) in [4.78, 5) is 47.9. The smallest absolute Gasteiger partial charge is 0.392 e. The van der Waals surface area contributed by atoms with Gasteiger partial charge < -0.3 is 39.8 Å². The second-order valence-corrected chi connectivity index (χ2v) is 20.3. The number of fused-ring (bicyclic) bond motifs is 4. The summed E-state index contributed by atoms with van der Waals surface area (Å²) in [7, 11) is -4.72. The van der Waals surface area contributed by atoms with Crippen molar-refractivity contribution in [3.05, 3.63) is 25.3 Å². The first-order valence-corrected chi connectivity index (χ1v) is 24.5. The Labute approximate surface area is 346 Å². The van der Waals surface area contributed by atoms with Crippen molar-refractivity contribution >= 4 is 65.7 Å². The van der Waals surface area contributed by atoms with Gasteiger partial charge in [0.1, 0.15) is 60.4 Å². The Bertz CT molecular complexity index is 2190. The maximum atomic E-state index is 16.7. The number of unbranched alkanes of at least 4 members (excludes halogenated alkanes) is 8. The molecule has 7 rings (SSSR count). The largest absolute Gasteiger partial charge is 0.454 e. The molecule has 0 aliphatic carbocycles. The molecule has 26 heteroatoms. The molecule has 330 valence electrons. The normalized spacial score (nSPS) is 31.3. The molecule has 21 nitrogen and oxygen atoms in total. The molecule has 0 spiro atoms. The van der Waals surface area contributed by atoms with Crippen molar-refractivity contribution in [3.63, 3.8) is 0 Å². The highest BCUT2D eigenvalue weighted by atomic mass is 32.7. The van der Waals surface area contributed by atoms with Crippen molar-refractivity contribution < 1.29 is 60.1 Å². The van der Waals surface area contributed by atoms with Gasteiger partial charge in [-0.15, -0.1) is 0 Å². The van der Waals surface area contributed by atoms with E-state index in [2.05, 4.69) is 36.8 Å². The summed E-state index contributed by atoms with van der Waals surface area (Å²) < 4.78 is 104. The fourth-order valence-corrected chi connectivity index (χ4v) is 10.8. The summed E-state index contributed by atoms with van der Waals surface area (Å²) in [6.45, 7) is -3.95. The Morgan fingerprint density at radius 3 is 1.95 bits per heavy atom. The fraction of sp³-hybridized carbons (Fsp3) is 0.676. The van der Waals surface area contributed by atoms with Gasteiger partial charge in [-0.2, -0.15) is 0 Å². The molecule has 3 aliphatic heterocycles. The molecule has 0 amide bonds. The summed E-state index contributed by atoms with van der Waals surface area (Å²) >= 11 is 0.440. The predicted molar refractivity (Wildman–Crippen MR) is 211 cm³/mol. The summed E-state index contributed by atoms with van der Waals surface area (Å²) in [5.41, 5.74) is 12.4. The number of nitrogens with two attached hydrogens (primary N) is 2. The zero-order valence-electron chi connectivity index (χ0n) is 32.6. The van der Waals surface area contributed by atoms with E-state index in [0.717, 1.165) is 38.3 Å². The molecular formula is C34H48F2N10O11P2S. The SMILES string of the molecule is CCCCCCCCCCCC(=O)OCSP1(=O)OC[C@H]2O[C@@H](n3cnc4c(N)ncnc43)[C@H](F)[C@@H]2OCP(=O)(O)OCC2O[C@@H](n3cnc4c(N)ncnc43)[C@H](F)[C@@H]2O1. The minimum Gasteiger partial charge on any atom is -0.454 e. The third-order valence-electron chi connectivity index (χ3n) is 10.3. The lowest BCUT2D eigenvalue weighted by molar-refractivity contribution is -0.141. The van der Waals surface area contributed by atoms with E-state index in [4.69, 9.17) is 44.0 Å². The standard InChI is InChI=1S/C34H48F2N10O11P2S/c1-2-3-4-5-6-7-8-9-10-11-22(47)52-19-60-59(50)54-13-20-27(23(35)33(55-20)45-16-43-25-29(37)39-14-41-31(25)45)51-18-58(48,49)53-12-21-28(57-59)24(36)34(56-21)46-17-44-26-30(38)40-15-42-32(26)46/h14-17,20-21,23-24,27-28,33-34H,2-13,18-19H2,1H3,(H,48,49)(H2,37,39,41)(H2,38,40,42)/t20-,21?,23-,24-,27-,28-,33-,34-,59?/m1/s1. The number of esters is 1. The molecule has 0 bridgehead atoms. The van der Waals surface area contributed by atoms with Crippen LogP contribution in [0.3, 0.4) is 0 Å². The minimum atomic E-state index is -4.72. The lowest BCUT2D eigenvalue weighted by Gasteiger charge is -2.26. The number of anilines is 2. The predicted octanol–water partition coefficient (Wildman–Crippen LogP) is 5.52. The van der Waals surface area contributed by atoms with Gasteiger partial charge in [0.15, 0.2) is 47.7 Å². The molecule has 0 aromatic carbocycles. The van der Waals surface area contributed by atoms with Gasteiger partial charge in [0.05, 0.1) is 25.9 Å². The first-order chi connectivity index (χ1) is 28.9. The van der Waals surface area contributed by atoms with Crippen LogP contribution in [0.1, 0.15) is 83.6 Å². The van der Waals surface area contributed by atoms with Gasteiger partial charge in [-0.1, -0.05) is 58.3 Å². The zero-order valence-corrected chi connectivity index (χ0v) is 35.3. The van der Waals surface area contributed by atoms with Gasteiger partial charge in [0.2, 0.25) is 0 Å². The molecule has 0 saturated carbocycles. The van der Waals surface area contributed by atoms with Crippen molar-refractivity contribution in [1.82, 2.24) is 39.0 Å².